The summed E-state index contributed by atoms with van der Waals surface area (Å²) in [5.74, 6) is -0.567. The van der Waals surface area contributed by atoms with Crippen molar-refractivity contribution in [3.63, 3.8) is 0 Å². The average Bonchev–Trinajstić information content (AvgIpc) is 1.13. The van der Waals surface area contributed by atoms with E-state index in [4.69, 9.17) is 47.1 Å². The van der Waals surface area contributed by atoms with E-state index in [9.17, 15) is 20.1 Å². The van der Waals surface area contributed by atoms with E-state index in [-0.39, 0.29) is 36.6 Å². The summed E-state index contributed by atoms with van der Waals surface area (Å²) in [5, 5.41) is 19.7. The number of ether oxygens (including phenoxy) is 2. The Kier molecular flexibility index (Phi) is 39.7. The summed E-state index contributed by atoms with van der Waals surface area (Å²) in [6.07, 6.45) is 22.7. The molecular formula is C96H96Br2N6O4S8. The smallest absolute Gasteiger partial charge is 0.306 e. The predicted octanol–water partition coefficient (Wildman–Crippen LogP) is 30.7. The van der Waals surface area contributed by atoms with Crippen molar-refractivity contribution in [2.45, 2.75) is 147 Å². The molecule has 116 heavy (non-hydrogen) atoms. The molecule has 596 valence electrons. The maximum atomic E-state index is 13.0. The van der Waals surface area contributed by atoms with Crippen molar-refractivity contribution in [3.05, 3.63) is 322 Å². The van der Waals surface area contributed by atoms with Crippen LogP contribution in [0.5, 0.6) is 0 Å². The fourth-order valence-electron chi connectivity index (χ4n) is 12.5. The number of thiophene rings is 2. The van der Waals surface area contributed by atoms with Gasteiger partial charge in [-0.3, -0.25) is 9.59 Å². The molecule has 0 radical (unpaired) electrons. The highest BCUT2D eigenvalue weighted by molar-refractivity contribution is 9.11. The van der Waals surface area contributed by atoms with Crippen molar-refractivity contribution in [2.75, 3.05) is 22.3 Å². The van der Waals surface area contributed by atoms with Crippen LogP contribution in [0.1, 0.15) is 171 Å². The molecule has 20 heteroatoms. The highest BCUT2D eigenvalue weighted by Crippen LogP contribution is 2.45. The Hall–Kier alpha value is -8.58. The molecule has 10 aromatic rings. The number of unbranched alkanes of at least 4 members (excludes halogenated alkanes) is 6. The van der Waals surface area contributed by atoms with Crippen molar-refractivity contribution in [1.82, 2.24) is 0 Å². The molecule has 0 aliphatic heterocycles. The Morgan fingerprint density at radius 1 is 0.534 bits per heavy atom. The van der Waals surface area contributed by atoms with Crippen molar-refractivity contribution in [3.8, 4) is 12.1 Å². The number of aryl methyl sites for hydroxylation is 2. The number of carbonyl (C=O) groups excluding carboxylic acids is 2. The molecule has 0 saturated carbocycles. The number of esters is 2. The highest BCUT2D eigenvalue weighted by atomic mass is 79.9. The van der Waals surface area contributed by atoms with Crippen LogP contribution in [0.2, 0.25) is 0 Å². The van der Waals surface area contributed by atoms with Crippen LogP contribution < -0.4 is 9.80 Å². The zero-order chi connectivity index (χ0) is 83.1. The van der Waals surface area contributed by atoms with Crippen LogP contribution in [0.4, 0.5) is 34.1 Å². The van der Waals surface area contributed by atoms with Gasteiger partial charge in [0, 0.05) is 62.0 Å². The van der Waals surface area contributed by atoms with Gasteiger partial charge in [-0.15, -0.1) is 46.2 Å². The predicted molar refractivity (Wildman–Crippen MR) is 514 cm³/mol. The molecule has 10 nitrogen and oxygen atoms in total. The third-order valence-corrected chi connectivity index (χ3v) is 27.9. The molecule has 0 fully saturated rings. The summed E-state index contributed by atoms with van der Waals surface area (Å²) in [5.41, 5.74) is 14.9. The third kappa shape index (κ3) is 30.1. The van der Waals surface area contributed by atoms with Gasteiger partial charge >= 0.3 is 11.9 Å². The van der Waals surface area contributed by atoms with Crippen LogP contribution in [0.3, 0.4) is 0 Å². The second-order valence-corrected chi connectivity index (χ2v) is 39.5. The number of nitrogens with zero attached hydrogens (tertiary/aromatic N) is 6. The van der Waals surface area contributed by atoms with Gasteiger partial charge < -0.3 is 19.3 Å². The molecule has 0 aliphatic carbocycles. The van der Waals surface area contributed by atoms with E-state index in [0.29, 0.717) is 40.8 Å². The largest absolute Gasteiger partial charge is 0.460 e. The van der Waals surface area contributed by atoms with Gasteiger partial charge in [0.05, 0.1) is 38.3 Å². The Morgan fingerprint density at radius 3 is 1.28 bits per heavy atom. The van der Waals surface area contributed by atoms with E-state index >= 15 is 0 Å². The molecule has 2 aromatic heterocycles. The third-order valence-electron chi connectivity index (χ3n) is 19.0. The van der Waals surface area contributed by atoms with E-state index in [1.165, 1.54) is 84.9 Å². The number of halogens is 2. The molecule has 0 amide bonds. The quantitative estimate of drug-likeness (QED) is 0.0122. The van der Waals surface area contributed by atoms with Gasteiger partial charge in [0.2, 0.25) is 0 Å². The standard InChI is InChI=1S/C48H48BrN3O2S4.C29H22N2.C19H26BrNO2S4/c1-5-6-7-10-15-38-31-45(49)57-44(38)33-54-46(53)28-29-48(2,34-50)32-43(58-47(55)56-4)37-24-22-36(23-25-37)42(51-3)30-35-20-26-41(27-21-35)52(39-16-11-8-12-17-39)40-18-13-9-14-19-40;1-3-23-14-18-25(19-15-23)29(30-2)22-24-16-20-28(21-17-24)31(26-10-6-4-7-11-26)27-12-8-5-9-13-27;1-4-5-6-7-8-14-11-16(20)26-15(14)12-23-17(22)9-10-19(2,13-21)27-18(24)25-3/h8-9,11-14,16-27,30-31,43H,5-7,10,15,28-29,32-33H2,1-2,4H3;3-22H,1H2;11H,4-10,12H2,1-3H3/b42-30-;29-22-;. The number of carbonyl (C=O) groups is 2. The minimum absolute atomic E-state index is 0.113. The van der Waals surface area contributed by atoms with Crippen molar-refractivity contribution < 1.29 is 19.1 Å². The number of hydrogen-bond donors (Lipinski definition) is 0. The zero-order valence-corrected chi connectivity index (χ0v) is 76.0. The number of para-hydroxylation sites is 4. The van der Waals surface area contributed by atoms with Gasteiger partial charge in [-0.1, -0.05) is 259 Å². The average molecular weight is 1810 g/mol. The van der Waals surface area contributed by atoms with E-state index in [0.717, 1.165) is 114 Å². The molecule has 0 aliphatic rings. The van der Waals surface area contributed by atoms with E-state index in [2.05, 4.69) is 181 Å². The topological polar surface area (TPSA) is 115 Å². The van der Waals surface area contributed by atoms with Crippen LogP contribution in [-0.2, 0) is 45.1 Å². The molecule has 0 saturated heterocycles. The summed E-state index contributed by atoms with van der Waals surface area (Å²) in [6, 6.07) is 82.6. The molecule has 2 heterocycles. The Morgan fingerprint density at radius 2 is 0.914 bits per heavy atom. The van der Waals surface area contributed by atoms with Crippen LogP contribution in [0.15, 0.2) is 245 Å². The summed E-state index contributed by atoms with van der Waals surface area (Å²) < 4.78 is 14.1. The first-order chi connectivity index (χ1) is 56.3. The molecule has 10 rings (SSSR count). The van der Waals surface area contributed by atoms with Gasteiger partial charge in [0.25, 0.3) is 0 Å². The molecule has 3 unspecified atom stereocenters. The summed E-state index contributed by atoms with van der Waals surface area (Å²) >= 11 is 27.1. The van der Waals surface area contributed by atoms with Crippen LogP contribution in [0.25, 0.3) is 39.3 Å². The second-order valence-electron chi connectivity index (χ2n) is 27.7. The van der Waals surface area contributed by atoms with E-state index in [1.807, 2.05) is 172 Å². The minimum Gasteiger partial charge on any atom is -0.460 e. The summed E-state index contributed by atoms with van der Waals surface area (Å²) in [4.78, 5) is 39.4. The van der Waals surface area contributed by atoms with E-state index in [1.54, 1.807) is 40.5 Å². The number of rotatable bonds is 36. The molecule has 8 aromatic carbocycles. The Labute approximate surface area is 740 Å². The number of thiocarbonyl (C=S) groups is 2. The Bertz CT molecular complexity index is 4960. The van der Waals surface area contributed by atoms with Crippen molar-refractivity contribution in [1.29, 1.82) is 10.5 Å². The molecule has 0 N–H and O–H groups in total. The maximum absolute atomic E-state index is 13.0. The fourth-order valence-corrected chi connectivity index (χ4v) is 20.0. The highest BCUT2D eigenvalue weighted by Gasteiger charge is 2.32. The first kappa shape index (κ1) is 92.9. The lowest BCUT2D eigenvalue weighted by molar-refractivity contribution is -0.146. The van der Waals surface area contributed by atoms with Crippen LogP contribution in [-0.4, -0.2) is 36.3 Å². The summed E-state index contributed by atoms with van der Waals surface area (Å²) in [6.45, 7) is 28.1. The lowest BCUT2D eigenvalue weighted by atomic mass is 9.81. The second kappa shape index (κ2) is 49.6. The van der Waals surface area contributed by atoms with Crippen LogP contribution >= 0.6 is 126 Å². The van der Waals surface area contributed by atoms with Gasteiger partial charge in [-0.25, -0.2) is 9.69 Å². The number of hydrogen-bond acceptors (Lipinski definition) is 16. The fraction of sp³-hybridized carbons (Fsp3) is 0.271. The first-order valence-electron chi connectivity index (χ1n) is 38.5. The monoisotopic (exact) mass is 1810 g/mol. The van der Waals surface area contributed by atoms with Gasteiger partial charge in [0.1, 0.15) is 25.0 Å². The van der Waals surface area contributed by atoms with Crippen LogP contribution in [0, 0.1) is 41.2 Å². The lowest BCUT2D eigenvalue weighted by Crippen LogP contribution is -2.21. The number of nitriles is 2. The van der Waals surface area contributed by atoms with Gasteiger partial charge in [-0.05, 0) is 245 Å². The molecule has 0 bridgehead atoms. The maximum Gasteiger partial charge on any atom is 0.306 e. The lowest BCUT2D eigenvalue weighted by Gasteiger charge is -2.27. The Balaban J connectivity index is 0.000000242. The zero-order valence-electron chi connectivity index (χ0n) is 66.3. The molecule has 0 spiro atoms. The SMILES string of the molecule is CCCCCCc1cc(Br)sc1COC(=O)CCC(C)(C#N)SC(=S)SC.[C-]#[N+]/C(=C\c1ccc(N(c2ccccc2)c2ccccc2)cc1)c1ccc(C(CC(C)(C#N)CCC(=O)OCc2sc(Br)cc2CCCCCC)SC(=S)SC)cc1.[C-]#[N+]/C(=C\c1ccc(N(c2ccccc2)c2ccccc2)cc1)c1ccc(C=C)cc1. The summed E-state index contributed by atoms with van der Waals surface area (Å²) in [7, 11) is 0. The van der Waals surface area contributed by atoms with Crippen molar-refractivity contribution in [2.24, 2.45) is 5.41 Å². The van der Waals surface area contributed by atoms with Gasteiger partial charge in [0.15, 0.2) is 11.4 Å². The number of thioether (sulfide) groups is 4. The first-order valence-corrected chi connectivity index (χ1v) is 46.7. The minimum atomic E-state index is -0.788. The molecular weight excluding hydrogens is 1720 g/mol. The number of benzene rings is 8. The van der Waals surface area contributed by atoms with Crippen molar-refractivity contribution >= 4 is 209 Å². The van der Waals surface area contributed by atoms with E-state index < -0.39 is 10.2 Å². The molecule has 3 atom stereocenters. The van der Waals surface area contributed by atoms with Gasteiger partial charge in [-0.2, -0.15) is 10.5 Å². The normalized spacial score (nSPS) is 12.3. The number of anilines is 6.